The van der Waals surface area contributed by atoms with Crippen molar-refractivity contribution < 1.29 is 17.9 Å². The van der Waals surface area contributed by atoms with Crippen LogP contribution in [0.5, 0.6) is 0 Å². The molecular weight excluding hydrogens is 328 g/mol. The molecule has 1 atom stereocenters. The molecule has 1 saturated heterocycles. The highest BCUT2D eigenvalue weighted by Crippen LogP contribution is 2.21. The predicted molar refractivity (Wildman–Crippen MR) is 85.9 cm³/mol. The van der Waals surface area contributed by atoms with Gasteiger partial charge in [-0.3, -0.25) is 0 Å². The summed E-state index contributed by atoms with van der Waals surface area (Å²) in [4.78, 5) is 11.8. The largest absolute Gasteiger partial charge is 0.462 e. The maximum absolute atomic E-state index is 12.5. The Morgan fingerprint density at radius 3 is 2.50 bits per heavy atom. The third-order valence-corrected chi connectivity index (χ3v) is 5.44. The summed E-state index contributed by atoms with van der Waals surface area (Å²) in [5.74, 6) is -0.446. The second-order valence-corrected chi connectivity index (χ2v) is 6.82. The van der Waals surface area contributed by atoms with Crippen molar-refractivity contribution in [3.8, 4) is 0 Å². The molecular formula is C14H21ClN2O4S. The molecule has 2 rings (SSSR count). The molecule has 1 aromatic carbocycles. The summed E-state index contributed by atoms with van der Waals surface area (Å²) in [7, 11) is -1.67. The number of hydrogen-bond acceptors (Lipinski definition) is 5. The molecule has 0 amide bonds. The number of nitrogens with one attached hydrogen (secondary N) is 1. The number of nitrogens with zero attached hydrogens (tertiary/aromatic N) is 1. The van der Waals surface area contributed by atoms with Gasteiger partial charge in [-0.1, -0.05) is 0 Å². The van der Waals surface area contributed by atoms with E-state index < -0.39 is 16.0 Å². The number of ether oxygens (including phenoxy) is 1. The Bertz CT molecular complexity index is 604. The average Bonchev–Trinajstić information content (AvgIpc) is 2.97. The fourth-order valence-electron chi connectivity index (χ4n) is 2.31. The fourth-order valence-corrected chi connectivity index (χ4v) is 3.81. The standard InChI is InChI=1S/C14H20N2O4S.ClH/c1-3-20-14(17)11-4-6-13(7-5-11)21(18,19)16-9-8-12(10-16)15-2;/h4-7,12,15H,3,8-10H2,1-2H3;1H. The van der Waals surface area contributed by atoms with Gasteiger partial charge in [-0.05, 0) is 44.7 Å². The van der Waals surface area contributed by atoms with Crippen molar-refractivity contribution in [2.24, 2.45) is 0 Å². The van der Waals surface area contributed by atoms with E-state index in [1.54, 1.807) is 6.92 Å². The van der Waals surface area contributed by atoms with Gasteiger partial charge in [0.15, 0.2) is 0 Å². The van der Waals surface area contributed by atoms with Crippen molar-refractivity contribution in [3.63, 3.8) is 0 Å². The average molecular weight is 349 g/mol. The lowest BCUT2D eigenvalue weighted by atomic mass is 10.2. The molecule has 1 aliphatic heterocycles. The third kappa shape index (κ3) is 3.98. The fraction of sp³-hybridized carbons (Fsp3) is 0.500. The van der Waals surface area contributed by atoms with Crippen molar-refractivity contribution in [2.75, 3.05) is 26.7 Å². The quantitative estimate of drug-likeness (QED) is 0.811. The molecule has 0 bridgehead atoms. The summed E-state index contributed by atoms with van der Waals surface area (Å²) in [5, 5.41) is 3.09. The van der Waals surface area contributed by atoms with Crippen LogP contribution in [0.15, 0.2) is 29.2 Å². The van der Waals surface area contributed by atoms with Gasteiger partial charge in [0.1, 0.15) is 0 Å². The van der Waals surface area contributed by atoms with Crippen molar-refractivity contribution in [1.29, 1.82) is 0 Å². The Kier molecular flexibility index (Phi) is 6.80. The summed E-state index contributed by atoms with van der Waals surface area (Å²) in [6, 6.07) is 6.06. The number of sulfonamides is 1. The molecule has 124 valence electrons. The van der Waals surface area contributed by atoms with Gasteiger partial charge in [0.05, 0.1) is 17.1 Å². The number of benzene rings is 1. The summed E-state index contributed by atoms with van der Waals surface area (Å²) in [5.41, 5.74) is 0.352. The minimum Gasteiger partial charge on any atom is -0.462 e. The number of likely N-dealkylation sites (N-methyl/N-ethyl adjacent to an activating group) is 1. The molecule has 1 aromatic rings. The lowest BCUT2D eigenvalue weighted by molar-refractivity contribution is 0.0526. The van der Waals surface area contributed by atoms with E-state index in [2.05, 4.69) is 5.32 Å². The van der Waals surface area contributed by atoms with E-state index in [-0.39, 0.29) is 30.0 Å². The summed E-state index contributed by atoms with van der Waals surface area (Å²) in [6.07, 6.45) is 0.802. The van der Waals surface area contributed by atoms with E-state index in [4.69, 9.17) is 4.74 Å². The molecule has 0 aliphatic carbocycles. The lowest BCUT2D eigenvalue weighted by Crippen LogP contribution is -2.33. The van der Waals surface area contributed by atoms with Crippen LogP contribution in [-0.4, -0.2) is 51.5 Å². The van der Waals surface area contributed by atoms with Gasteiger partial charge >= 0.3 is 5.97 Å². The SMILES string of the molecule is CCOC(=O)c1ccc(S(=O)(=O)N2CCC(NC)C2)cc1.Cl. The van der Waals surface area contributed by atoms with Gasteiger partial charge in [0.2, 0.25) is 10.0 Å². The van der Waals surface area contributed by atoms with E-state index in [9.17, 15) is 13.2 Å². The van der Waals surface area contributed by atoms with E-state index in [1.807, 2.05) is 7.05 Å². The highest BCUT2D eigenvalue weighted by Gasteiger charge is 2.31. The summed E-state index contributed by atoms with van der Waals surface area (Å²) >= 11 is 0. The molecule has 1 N–H and O–H groups in total. The second-order valence-electron chi connectivity index (χ2n) is 4.88. The first-order valence-corrected chi connectivity index (χ1v) is 8.37. The second kappa shape index (κ2) is 7.92. The molecule has 1 heterocycles. The first-order valence-electron chi connectivity index (χ1n) is 6.93. The van der Waals surface area contributed by atoms with Crippen LogP contribution in [-0.2, 0) is 14.8 Å². The molecule has 8 heteroatoms. The van der Waals surface area contributed by atoms with E-state index in [1.165, 1.54) is 28.6 Å². The monoisotopic (exact) mass is 348 g/mol. The third-order valence-electron chi connectivity index (χ3n) is 3.56. The number of carbonyl (C=O) groups excluding carboxylic acids is 1. The van der Waals surface area contributed by atoms with Crippen molar-refractivity contribution >= 4 is 28.4 Å². The molecule has 1 aliphatic rings. The van der Waals surface area contributed by atoms with E-state index in [0.717, 1.165) is 6.42 Å². The molecule has 0 spiro atoms. The van der Waals surface area contributed by atoms with Crippen LogP contribution in [0.3, 0.4) is 0 Å². The van der Waals surface area contributed by atoms with Crippen LogP contribution < -0.4 is 5.32 Å². The van der Waals surface area contributed by atoms with Gasteiger partial charge in [0.25, 0.3) is 0 Å². The topological polar surface area (TPSA) is 75.7 Å². The number of esters is 1. The van der Waals surface area contributed by atoms with Crippen LogP contribution in [0, 0.1) is 0 Å². The van der Waals surface area contributed by atoms with Crippen molar-refractivity contribution in [3.05, 3.63) is 29.8 Å². The zero-order valence-electron chi connectivity index (χ0n) is 12.6. The molecule has 22 heavy (non-hydrogen) atoms. The molecule has 6 nitrogen and oxygen atoms in total. The maximum Gasteiger partial charge on any atom is 0.338 e. The molecule has 1 fully saturated rings. The van der Waals surface area contributed by atoms with Crippen molar-refractivity contribution in [2.45, 2.75) is 24.3 Å². The van der Waals surface area contributed by atoms with Gasteiger partial charge in [-0.15, -0.1) is 12.4 Å². The Morgan fingerprint density at radius 1 is 1.36 bits per heavy atom. The molecule has 0 saturated carbocycles. The maximum atomic E-state index is 12.5. The van der Waals surface area contributed by atoms with Crippen LogP contribution in [0.4, 0.5) is 0 Å². The summed E-state index contributed by atoms with van der Waals surface area (Å²) in [6.45, 7) is 2.99. The highest BCUT2D eigenvalue weighted by molar-refractivity contribution is 7.89. The van der Waals surface area contributed by atoms with Crippen molar-refractivity contribution in [1.82, 2.24) is 9.62 Å². The zero-order chi connectivity index (χ0) is 15.5. The number of carbonyl (C=O) groups is 1. The Labute approximate surface area is 137 Å². The van der Waals surface area contributed by atoms with Gasteiger partial charge in [-0.2, -0.15) is 4.31 Å². The van der Waals surface area contributed by atoms with Crippen LogP contribution in [0.25, 0.3) is 0 Å². The normalized spacial score (nSPS) is 18.7. The minimum absolute atomic E-state index is 0. The van der Waals surface area contributed by atoms with Crippen LogP contribution in [0.2, 0.25) is 0 Å². The van der Waals surface area contributed by atoms with E-state index >= 15 is 0 Å². The highest BCUT2D eigenvalue weighted by atomic mass is 35.5. The number of rotatable bonds is 5. The first kappa shape index (κ1) is 18.9. The zero-order valence-corrected chi connectivity index (χ0v) is 14.2. The van der Waals surface area contributed by atoms with Gasteiger partial charge in [-0.25, -0.2) is 13.2 Å². The smallest absolute Gasteiger partial charge is 0.338 e. The van der Waals surface area contributed by atoms with E-state index in [0.29, 0.717) is 18.7 Å². The van der Waals surface area contributed by atoms with Gasteiger partial charge < -0.3 is 10.1 Å². The van der Waals surface area contributed by atoms with Crippen LogP contribution in [0.1, 0.15) is 23.7 Å². The Balaban J connectivity index is 0.00000242. The Hall–Kier alpha value is -1.15. The Morgan fingerprint density at radius 2 is 2.00 bits per heavy atom. The molecule has 0 radical (unpaired) electrons. The minimum atomic E-state index is -3.50. The number of hydrogen-bond donors (Lipinski definition) is 1. The first-order chi connectivity index (χ1) is 9.98. The number of halogens is 1. The predicted octanol–water partition coefficient (Wildman–Crippen LogP) is 1.27. The summed E-state index contributed by atoms with van der Waals surface area (Å²) < 4.78 is 31.3. The van der Waals surface area contributed by atoms with Crippen LogP contribution >= 0.6 is 12.4 Å². The molecule has 0 aromatic heterocycles. The lowest BCUT2D eigenvalue weighted by Gasteiger charge is -2.16. The molecule has 1 unspecified atom stereocenters. The van der Waals surface area contributed by atoms with Gasteiger partial charge in [0, 0.05) is 19.1 Å².